The summed E-state index contributed by atoms with van der Waals surface area (Å²) in [7, 11) is 0. The zero-order chi connectivity index (χ0) is 20.7. The number of carbonyl (C=O) groups is 1. The van der Waals surface area contributed by atoms with Gasteiger partial charge in [0.25, 0.3) is 0 Å². The van der Waals surface area contributed by atoms with Crippen molar-refractivity contribution < 1.29 is 13.6 Å². The highest BCUT2D eigenvalue weighted by molar-refractivity contribution is 6.17. The van der Waals surface area contributed by atoms with Crippen LogP contribution in [0.5, 0.6) is 0 Å². The molecule has 6 nitrogen and oxygen atoms in total. The Morgan fingerprint density at radius 2 is 1.93 bits per heavy atom. The molecule has 0 unspecified atom stereocenters. The first-order valence-electron chi connectivity index (χ1n) is 10.4. The standard InChI is InChI=1S/C22H23F2N5O/c23-22(24)7-5-13(6-8-22)9-16-2-1-14(10-25-16)19(30)17-11-26-20-18(17)21(28-12-27-20)29-15-3-4-15/h1-2,10-13,15H,3-9H2,(H2,26,27,28,29). The molecule has 0 bridgehead atoms. The molecule has 2 aliphatic rings. The molecule has 2 N–H and O–H groups in total. The fourth-order valence-corrected chi connectivity index (χ4v) is 4.11. The lowest BCUT2D eigenvalue weighted by Crippen LogP contribution is -2.25. The van der Waals surface area contributed by atoms with Crippen LogP contribution in [0, 0.1) is 5.92 Å². The number of anilines is 1. The molecule has 2 fully saturated rings. The van der Waals surface area contributed by atoms with Crippen molar-refractivity contribution in [3.63, 3.8) is 0 Å². The summed E-state index contributed by atoms with van der Waals surface area (Å²) in [6.07, 6.45) is 8.52. The van der Waals surface area contributed by atoms with Gasteiger partial charge in [-0.25, -0.2) is 18.7 Å². The third-order valence-electron chi connectivity index (χ3n) is 6.05. The van der Waals surface area contributed by atoms with Crippen molar-refractivity contribution >= 4 is 22.6 Å². The Kier molecular flexibility index (Phi) is 4.72. The van der Waals surface area contributed by atoms with Gasteiger partial charge in [0.05, 0.1) is 10.9 Å². The molecule has 156 valence electrons. The van der Waals surface area contributed by atoms with Crippen LogP contribution in [0.3, 0.4) is 0 Å². The molecule has 0 aromatic carbocycles. The summed E-state index contributed by atoms with van der Waals surface area (Å²) in [4.78, 5) is 29.2. The number of ketones is 1. The van der Waals surface area contributed by atoms with Crippen molar-refractivity contribution in [3.8, 4) is 0 Å². The van der Waals surface area contributed by atoms with Gasteiger partial charge in [0.2, 0.25) is 5.92 Å². The van der Waals surface area contributed by atoms with E-state index in [0.29, 0.717) is 53.3 Å². The fraction of sp³-hybridized carbons (Fsp3) is 0.455. The third kappa shape index (κ3) is 3.91. The number of aromatic nitrogens is 4. The Balaban J connectivity index is 1.33. The lowest BCUT2D eigenvalue weighted by atomic mass is 9.84. The number of pyridine rings is 1. The van der Waals surface area contributed by atoms with Crippen LogP contribution in [0.2, 0.25) is 0 Å². The van der Waals surface area contributed by atoms with E-state index in [-0.39, 0.29) is 24.5 Å². The highest BCUT2D eigenvalue weighted by Gasteiger charge is 2.35. The zero-order valence-electron chi connectivity index (χ0n) is 16.5. The smallest absolute Gasteiger partial charge is 0.248 e. The van der Waals surface area contributed by atoms with Crippen LogP contribution in [0.1, 0.15) is 60.1 Å². The van der Waals surface area contributed by atoms with Gasteiger partial charge in [-0.1, -0.05) is 0 Å². The lowest BCUT2D eigenvalue weighted by molar-refractivity contribution is -0.0457. The van der Waals surface area contributed by atoms with Gasteiger partial charge in [-0.3, -0.25) is 9.78 Å². The normalized spacial score (nSPS) is 19.1. The molecule has 2 saturated carbocycles. The molecule has 0 radical (unpaired) electrons. The average Bonchev–Trinajstić information content (AvgIpc) is 3.45. The Bertz CT molecular complexity index is 1060. The summed E-state index contributed by atoms with van der Waals surface area (Å²) in [6, 6.07) is 3.99. The summed E-state index contributed by atoms with van der Waals surface area (Å²) in [5, 5.41) is 4.06. The SMILES string of the molecule is O=C(c1ccc(CC2CCC(F)(F)CC2)nc1)c1c[nH]c2ncnc(NC3CC3)c12. The number of H-pyrrole nitrogens is 1. The molecule has 3 heterocycles. The number of alkyl halides is 2. The molecule has 3 aromatic heterocycles. The molecule has 0 aliphatic heterocycles. The predicted molar refractivity (Wildman–Crippen MR) is 109 cm³/mol. The van der Waals surface area contributed by atoms with Gasteiger partial charge in [0, 0.05) is 42.5 Å². The molecule has 5 rings (SSSR count). The molecule has 30 heavy (non-hydrogen) atoms. The Labute approximate surface area is 172 Å². The van der Waals surface area contributed by atoms with E-state index in [1.54, 1.807) is 18.5 Å². The minimum atomic E-state index is -2.52. The van der Waals surface area contributed by atoms with Gasteiger partial charge in [-0.15, -0.1) is 0 Å². The quantitative estimate of drug-likeness (QED) is 0.583. The van der Waals surface area contributed by atoms with Crippen LogP contribution in [0.15, 0.2) is 30.9 Å². The predicted octanol–water partition coefficient (Wildman–Crippen LogP) is 4.53. The van der Waals surface area contributed by atoms with E-state index in [0.717, 1.165) is 18.5 Å². The minimum Gasteiger partial charge on any atom is -0.367 e. The van der Waals surface area contributed by atoms with Crippen molar-refractivity contribution in [2.24, 2.45) is 5.92 Å². The van der Waals surface area contributed by atoms with Gasteiger partial charge < -0.3 is 10.3 Å². The maximum Gasteiger partial charge on any atom is 0.248 e. The number of carbonyl (C=O) groups excluding carboxylic acids is 1. The van der Waals surface area contributed by atoms with E-state index in [1.807, 2.05) is 6.07 Å². The number of halogens is 2. The van der Waals surface area contributed by atoms with E-state index in [1.165, 1.54) is 6.33 Å². The van der Waals surface area contributed by atoms with Crippen LogP contribution >= 0.6 is 0 Å². The van der Waals surface area contributed by atoms with E-state index < -0.39 is 5.92 Å². The molecular formula is C22H23F2N5O. The summed E-state index contributed by atoms with van der Waals surface area (Å²) >= 11 is 0. The molecule has 8 heteroatoms. The number of nitrogens with zero attached hydrogens (tertiary/aromatic N) is 3. The Morgan fingerprint density at radius 1 is 1.13 bits per heavy atom. The van der Waals surface area contributed by atoms with Gasteiger partial charge in [-0.2, -0.15) is 0 Å². The van der Waals surface area contributed by atoms with Crippen LogP contribution in [0.4, 0.5) is 14.6 Å². The molecule has 0 atom stereocenters. The third-order valence-corrected chi connectivity index (χ3v) is 6.05. The first kappa shape index (κ1) is 19.1. The monoisotopic (exact) mass is 411 g/mol. The first-order chi connectivity index (χ1) is 14.5. The molecule has 0 saturated heterocycles. The van der Waals surface area contributed by atoms with E-state index >= 15 is 0 Å². The summed E-state index contributed by atoms with van der Waals surface area (Å²) in [5.41, 5.74) is 2.45. The summed E-state index contributed by atoms with van der Waals surface area (Å²) < 4.78 is 26.7. The van der Waals surface area contributed by atoms with Crippen molar-refractivity contribution in [1.82, 2.24) is 19.9 Å². The lowest BCUT2D eigenvalue weighted by Gasteiger charge is -2.27. The number of hydrogen-bond acceptors (Lipinski definition) is 5. The fourth-order valence-electron chi connectivity index (χ4n) is 4.11. The number of nitrogens with one attached hydrogen (secondary N) is 2. The first-order valence-corrected chi connectivity index (χ1v) is 10.4. The number of rotatable bonds is 6. The molecule has 0 spiro atoms. The van der Waals surface area contributed by atoms with E-state index in [9.17, 15) is 13.6 Å². The minimum absolute atomic E-state index is 0.0475. The maximum absolute atomic E-state index is 13.3. The molecule has 3 aromatic rings. The maximum atomic E-state index is 13.3. The summed E-state index contributed by atoms with van der Waals surface area (Å²) in [6.45, 7) is 0. The van der Waals surface area contributed by atoms with Gasteiger partial charge in [0.15, 0.2) is 5.78 Å². The largest absolute Gasteiger partial charge is 0.367 e. The van der Waals surface area contributed by atoms with E-state index in [2.05, 4.69) is 25.3 Å². The van der Waals surface area contributed by atoms with Crippen molar-refractivity contribution in [1.29, 1.82) is 0 Å². The second-order valence-corrected chi connectivity index (χ2v) is 8.44. The second kappa shape index (κ2) is 7.41. The topological polar surface area (TPSA) is 83.6 Å². The van der Waals surface area contributed by atoms with Crippen LogP contribution in [0.25, 0.3) is 11.0 Å². The van der Waals surface area contributed by atoms with Gasteiger partial charge in [0.1, 0.15) is 17.8 Å². The zero-order valence-corrected chi connectivity index (χ0v) is 16.5. The Hall–Kier alpha value is -2.90. The van der Waals surface area contributed by atoms with Crippen molar-refractivity contribution in [2.45, 2.75) is 56.9 Å². The summed E-state index contributed by atoms with van der Waals surface area (Å²) in [5.74, 6) is -1.77. The van der Waals surface area contributed by atoms with Crippen molar-refractivity contribution in [2.75, 3.05) is 5.32 Å². The van der Waals surface area contributed by atoms with Crippen LogP contribution in [-0.4, -0.2) is 37.7 Å². The van der Waals surface area contributed by atoms with Crippen LogP contribution in [-0.2, 0) is 6.42 Å². The molecule has 0 amide bonds. The average molecular weight is 411 g/mol. The van der Waals surface area contributed by atoms with Gasteiger partial charge >= 0.3 is 0 Å². The molecular weight excluding hydrogens is 388 g/mol. The van der Waals surface area contributed by atoms with Crippen LogP contribution < -0.4 is 5.32 Å². The van der Waals surface area contributed by atoms with E-state index in [4.69, 9.17) is 0 Å². The number of aromatic amines is 1. The number of hydrogen-bond donors (Lipinski definition) is 2. The Morgan fingerprint density at radius 3 is 2.63 bits per heavy atom. The second-order valence-electron chi connectivity index (χ2n) is 8.44. The number of fused-ring (bicyclic) bond motifs is 1. The highest BCUT2D eigenvalue weighted by atomic mass is 19.3. The van der Waals surface area contributed by atoms with Gasteiger partial charge in [-0.05, 0) is 50.2 Å². The molecule has 2 aliphatic carbocycles. The van der Waals surface area contributed by atoms with Crippen molar-refractivity contribution in [3.05, 3.63) is 47.7 Å². The highest BCUT2D eigenvalue weighted by Crippen LogP contribution is 2.37.